The largest absolute Gasteiger partial charge is 0.340 e. The van der Waals surface area contributed by atoms with Crippen molar-refractivity contribution in [3.05, 3.63) is 50.6 Å². The van der Waals surface area contributed by atoms with E-state index in [-0.39, 0.29) is 11.4 Å². The molecule has 0 spiro atoms. The minimum Gasteiger partial charge on any atom is -0.340 e. The van der Waals surface area contributed by atoms with Crippen LogP contribution >= 0.6 is 11.3 Å². The smallest absolute Gasteiger partial charge is 0.292 e. The van der Waals surface area contributed by atoms with E-state index in [0.717, 1.165) is 23.1 Å². The second-order valence-corrected chi connectivity index (χ2v) is 5.01. The van der Waals surface area contributed by atoms with Crippen LogP contribution in [0.15, 0.2) is 24.3 Å². The maximum absolute atomic E-state index is 13.2. The number of nitro benzene ring substituents is 1. The zero-order valence-corrected chi connectivity index (χ0v) is 10.6. The van der Waals surface area contributed by atoms with E-state index in [1.54, 1.807) is 6.07 Å². The minimum absolute atomic E-state index is 0.0309. The van der Waals surface area contributed by atoms with Gasteiger partial charge in [-0.1, -0.05) is 0 Å². The number of nitrogens with zero attached hydrogens (tertiary/aromatic N) is 2. The van der Waals surface area contributed by atoms with Crippen LogP contribution in [0.5, 0.6) is 0 Å². The number of nitrogens with one attached hydrogen (secondary N) is 1. The monoisotopic (exact) mass is 277 g/mol. The Morgan fingerprint density at radius 1 is 1.47 bits per heavy atom. The summed E-state index contributed by atoms with van der Waals surface area (Å²) in [6, 6.07) is 6.79. The SMILES string of the molecule is Cc1cc(C#N)c(Nc2cc(F)ccc2[N+](=O)[O-])s1. The molecule has 0 fully saturated rings. The van der Waals surface area contributed by atoms with Crippen LogP contribution in [0.1, 0.15) is 10.4 Å². The molecule has 0 atom stereocenters. The maximum atomic E-state index is 13.2. The lowest BCUT2D eigenvalue weighted by molar-refractivity contribution is -0.384. The second kappa shape index (κ2) is 5.04. The van der Waals surface area contributed by atoms with Gasteiger partial charge < -0.3 is 5.32 Å². The molecule has 19 heavy (non-hydrogen) atoms. The van der Waals surface area contributed by atoms with Crippen molar-refractivity contribution >= 4 is 27.7 Å². The molecule has 0 aliphatic heterocycles. The van der Waals surface area contributed by atoms with Crippen LogP contribution in [0.4, 0.5) is 20.8 Å². The number of anilines is 2. The van der Waals surface area contributed by atoms with Crippen LogP contribution < -0.4 is 5.32 Å². The highest BCUT2D eigenvalue weighted by molar-refractivity contribution is 7.16. The van der Waals surface area contributed by atoms with Gasteiger partial charge in [-0.3, -0.25) is 10.1 Å². The van der Waals surface area contributed by atoms with Crippen LogP contribution in [0, 0.1) is 34.2 Å². The number of rotatable bonds is 3. The third kappa shape index (κ3) is 2.69. The lowest BCUT2D eigenvalue weighted by Crippen LogP contribution is -1.97. The standard InChI is InChI=1S/C12H8FN3O2S/c1-7-4-8(6-14)12(19-7)15-10-5-9(13)2-3-11(10)16(17)18/h2-5,15H,1H3. The zero-order chi connectivity index (χ0) is 14.0. The van der Waals surface area contributed by atoms with Gasteiger partial charge in [-0.05, 0) is 19.1 Å². The number of hydrogen-bond acceptors (Lipinski definition) is 5. The molecular formula is C12H8FN3O2S. The van der Waals surface area contributed by atoms with Crippen LogP contribution in [0.25, 0.3) is 0 Å². The van der Waals surface area contributed by atoms with E-state index in [2.05, 4.69) is 5.32 Å². The van der Waals surface area contributed by atoms with Crippen LogP contribution in [-0.2, 0) is 0 Å². The first-order chi connectivity index (χ1) is 9.01. The summed E-state index contributed by atoms with van der Waals surface area (Å²) in [6.07, 6.45) is 0. The number of hydrogen-bond donors (Lipinski definition) is 1. The molecule has 0 saturated heterocycles. The van der Waals surface area contributed by atoms with E-state index in [1.807, 2.05) is 13.0 Å². The summed E-state index contributed by atoms with van der Waals surface area (Å²) in [7, 11) is 0. The van der Waals surface area contributed by atoms with Crippen LogP contribution in [-0.4, -0.2) is 4.92 Å². The summed E-state index contributed by atoms with van der Waals surface area (Å²) in [6.45, 7) is 1.82. The number of halogens is 1. The van der Waals surface area contributed by atoms with Crippen molar-refractivity contribution < 1.29 is 9.31 Å². The molecule has 0 saturated carbocycles. The van der Waals surface area contributed by atoms with Crippen molar-refractivity contribution in [1.29, 1.82) is 5.26 Å². The number of thiophene rings is 1. The summed E-state index contributed by atoms with van der Waals surface area (Å²) < 4.78 is 13.2. The molecule has 0 radical (unpaired) electrons. The van der Waals surface area contributed by atoms with Gasteiger partial charge in [0.25, 0.3) is 5.69 Å². The molecule has 7 heteroatoms. The average molecular weight is 277 g/mol. The van der Waals surface area contributed by atoms with Gasteiger partial charge in [0.05, 0.1) is 10.5 Å². The summed E-state index contributed by atoms with van der Waals surface area (Å²) >= 11 is 1.28. The van der Waals surface area contributed by atoms with Crippen molar-refractivity contribution in [3.63, 3.8) is 0 Å². The van der Waals surface area contributed by atoms with Crippen LogP contribution in [0.3, 0.4) is 0 Å². The number of benzene rings is 1. The first kappa shape index (κ1) is 13.0. The Hall–Kier alpha value is -2.46. The third-order valence-electron chi connectivity index (χ3n) is 2.38. The molecule has 5 nitrogen and oxygen atoms in total. The fourth-order valence-corrected chi connectivity index (χ4v) is 2.45. The predicted octanol–water partition coefficient (Wildman–Crippen LogP) is 3.72. The second-order valence-electron chi connectivity index (χ2n) is 3.76. The molecule has 2 rings (SSSR count). The Morgan fingerprint density at radius 2 is 2.21 bits per heavy atom. The molecule has 1 N–H and O–H groups in total. The van der Waals surface area contributed by atoms with E-state index >= 15 is 0 Å². The molecule has 1 aromatic carbocycles. The molecule has 1 aromatic heterocycles. The molecule has 0 bridgehead atoms. The van der Waals surface area contributed by atoms with E-state index in [9.17, 15) is 14.5 Å². The zero-order valence-electron chi connectivity index (χ0n) is 9.81. The van der Waals surface area contributed by atoms with Crippen molar-refractivity contribution in [1.82, 2.24) is 0 Å². The van der Waals surface area contributed by atoms with Crippen LogP contribution in [0.2, 0.25) is 0 Å². The average Bonchev–Trinajstić information content (AvgIpc) is 2.69. The molecule has 0 aliphatic rings. The van der Waals surface area contributed by atoms with Crippen molar-refractivity contribution in [2.75, 3.05) is 5.32 Å². The topological polar surface area (TPSA) is 79.0 Å². The quantitative estimate of drug-likeness (QED) is 0.685. The van der Waals surface area contributed by atoms with Crippen molar-refractivity contribution in [2.45, 2.75) is 6.92 Å². The van der Waals surface area contributed by atoms with Gasteiger partial charge in [-0.15, -0.1) is 11.3 Å². The summed E-state index contributed by atoms with van der Waals surface area (Å²) in [5.41, 5.74) is 0.167. The number of aryl methyl sites for hydroxylation is 1. The highest BCUT2D eigenvalue weighted by Crippen LogP contribution is 2.34. The maximum Gasteiger partial charge on any atom is 0.292 e. The molecule has 96 valence electrons. The van der Waals surface area contributed by atoms with E-state index in [0.29, 0.717) is 10.6 Å². The Bertz CT molecular complexity index is 691. The lowest BCUT2D eigenvalue weighted by atomic mass is 10.2. The molecule has 1 heterocycles. The minimum atomic E-state index is -0.603. The lowest BCUT2D eigenvalue weighted by Gasteiger charge is -2.05. The van der Waals surface area contributed by atoms with Gasteiger partial charge in [0.1, 0.15) is 22.6 Å². The third-order valence-corrected chi connectivity index (χ3v) is 3.35. The molecule has 0 amide bonds. The Morgan fingerprint density at radius 3 is 2.84 bits per heavy atom. The summed E-state index contributed by atoms with van der Waals surface area (Å²) in [5.74, 6) is -0.583. The summed E-state index contributed by atoms with van der Waals surface area (Å²) in [4.78, 5) is 11.1. The first-order valence-corrected chi connectivity index (χ1v) is 6.04. The summed E-state index contributed by atoms with van der Waals surface area (Å²) in [5, 5.41) is 23.0. The number of nitriles is 1. The molecule has 2 aromatic rings. The van der Waals surface area contributed by atoms with E-state index in [4.69, 9.17) is 5.26 Å². The highest BCUT2D eigenvalue weighted by Gasteiger charge is 2.16. The van der Waals surface area contributed by atoms with Gasteiger partial charge in [0.2, 0.25) is 0 Å². The number of nitro groups is 1. The Kier molecular flexibility index (Phi) is 3.44. The Balaban J connectivity index is 2.45. The van der Waals surface area contributed by atoms with Gasteiger partial charge in [-0.25, -0.2) is 4.39 Å². The first-order valence-electron chi connectivity index (χ1n) is 5.22. The van der Waals surface area contributed by atoms with Gasteiger partial charge in [0, 0.05) is 17.0 Å². The Labute approximate surface area is 112 Å². The normalized spacial score (nSPS) is 9.95. The fraction of sp³-hybridized carbons (Fsp3) is 0.0833. The van der Waals surface area contributed by atoms with Gasteiger partial charge in [0.15, 0.2) is 0 Å². The van der Waals surface area contributed by atoms with E-state index in [1.165, 1.54) is 11.3 Å². The van der Waals surface area contributed by atoms with Crippen molar-refractivity contribution in [2.24, 2.45) is 0 Å². The molecule has 0 aliphatic carbocycles. The van der Waals surface area contributed by atoms with Crippen molar-refractivity contribution in [3.8, 4) is 6.07 Å². The van der Waals surface area contributed by atoms with Gasteiger partial charge >= 0.3 is 0 Å². The predicted molar refractivity (Wildman–Crippen MR) is 70.1 cm³/mol. The highest BCUT2D eigenvalue weighted by atomic mass is 32.1. The van der Waals surface area contributed by atoms with Gasteiger partial charge in [-0.2, -0.15) is 5.26 Å². The molecule has 0 unspecified atom stereocenters. The van der Waals surface area contributed by atoms with E-state index < -0.39 is 10.7 Å². The molecular weight excluding hydrogens is 269 g/mol. The fourth-order valence-electron chi connectivity index (χ4n) is 1.58.